The Morgan fingerprint density at radius 1 is 1.18 bits per heavy atom. The minimum absolute atomic E-state index is 0.581. The van der Waals surface area contributed by atoms with Crippen molar-refractivity contribution < 1.29 is 5.21 Å². The van der Waals surface area contributed by atoms with Crippen LogP contribution in [0.15, 0.2) is 30.3 Å². The summed E-state index contributed by atoms with van der Waals surface area (Å²) in [5, 5.41) is 9.22. The highest BCUT2D eigenvalue weighted by Gasteiger charge is 1.90. The summed E-state index contributed by atoms with van der Waals surface area (Å²) in [6.45, 7) is 4.00. The van der Waals surface area contributed by atoms with Crippen LogP contribution in [0, 0.1) is 0 Å². The summed E-state index contributed by atoms with van der Waals surface area (Å²) in [4.78, 5) is 0. The second-order valence-electron chi connectivity index (χ2n) is 1.68. The SMILES string of the molecule is CC.NN(O)c1ccccc1. The highest BCUT2D eigenvalue weighted by Crippen LogP contribution is 2.05. The zero-order valence-corrected chi connectivity index (χ0v) is 6.86. The molecule has 0 saturated heterocycles. The maximum absolute atomic E-state index is 8.63. The van der Waals surface area contributed by atoms with Crippen LogP contribution in [0.1, 0.15) is 13.8 Å². The predicted octanol–water partition coefficient (Wildman–Crippen LogP) is 1.78. The molecule has 1 rings (SSSR count). The summed E-state index contributed by atoms with van der Waals surface area (Å²) in [6, 6.07) is 8.86. The summed E-state index contributed by atoms with van der Waals surface area (Å²) < 4.78 is 0. The van der Waals surface area contributed by atoms with Crippen LogP contribution in [0.25, 0.3) is 0 Å². The number of hydrazine groups is 1. The summed E-state index contributed by atoms with van der Waals surface area (Å²) in [6.07, 6.45) is 0. The number of anilines is 1. The van der Waals surface area contributed by atoms with E-state index < -0.39 is 0 Å². The largest absolute Gasteiger partial charge is 0.273 e. The molecule has 62 valence electrons. The van der Waals surface area contributed by atoms with Crippen molar-refractivity contribution in [2.75, 3.05) is 5.17 Å². The van der Waals surface area contributed by atoms with Crippen LogP contribution in [-0.2, 0) is 0 Å². The number of hydrogen-bond donors (Lipinski definition) is 2. The molecule has 0 aliphatic rings. The average molecular weight is 154 g/mol. The molecular weight excluding hydrogens is 140 g/mol. The number of nitrogens with zero attached hydrogens (tertiary/aromatic N) is 1. The lowest BCUT2D eigenvalue weighted by molar-refractivity contribution is 0.258. The molecule has 0 radical (unpaired) electrons. The number of hydrogen-bond acceptors (Lipinski definition) is 3. The molecule has 0 spiro atoms. The second-order valence-corrected chi connectivity index (χ2v) is 1.68. The summed E-state index contributed by atoms with van der Waals surface area (Å²) in [5.41, 5.74) is 0.581. The Bertz CT molecular complexity index is 175. The maximum Gasteiger partial charge on any atom is 0.0817 e. The van der Waals surface area contributed by atoms with Crippen molar-refractivity contribution >= 4 is 5.69 Å². The van der Waals surface area contributed by atoms with Gasteiger partial charge in [-0.2, -0.15) is 5.17 Å². The summed E-state index contributed by atoms with van der Waals surface area (Å²) in [5.74, 6) is 5.00. The van der Waals surface area contributed by atoms with E-state index in [1.165, 1.54) is 0 Å². The highest BCUT2D eigenvalue weighted by atomic mass is 16.5. The molecule has 0 aromatic heterocycles. The summed E-state index contributed by atoms with van der Waals surface area (Å²) >= 11 is 0. The first-order valence-electron chi connectivity index (χ1n) is 3.59. The molecule has 0 amide bonds. The Labute approximate surface area is 67.0 Å². The molecule has 1 aromatic rings. The third kappa shape index (κ3) is 3.60. The molecule has 0 bridgehead atoms. The molecule has 0 atom stereocenters. The second kappa shape index (κ2) is 5.70. The normalized spacial score (nSPS) is 8.00. The summed E-state index contributed by atoms with van der Waals surface area (Å²) in [7, 11) is 0. The van der Waals surface area contributed by atoms with E-state index in [1.807, 2.05) is 19.9 Å². The number of nitrogens with two attached hydrogens (primary N) is 1. The van der Waals surface area contributed by atoms with Crippen molar-refractivity contribution in [3.63, 3.8) is 0 Å². The molecule has 0 aliphatic heterocycles. The Hall–Kier alpha value is -1.06. The van der Waals surface area contributed by atoms with Gasteiger partial charge >= 0.3 is 0 Å². The van der Waals surface area contributed by atoms with Crippen molar-refractivity contribution in [3.05, 3.63) is 30.3 Å². The lowest BCUT2D eigenvalue weighted by Gasteiger charge is -2.07. The van der Waals surface area contributed by atoms with Crippen LogP contribution in [-0.4, -0.2) is 5.21 Å². The molecule has 3 heteroatoms. The van der Waals surface area contributed by atoms with Gasteiger partial charge in [0.1, 0.15) is 0 Å². The lowest BCUT2D eigenvalue weighted by atomic mass is 10.3. The van der Waals surface area contributed by atoms with Crippen molar-refractivity contribution in [2.24, 2.45) is 5.84 Å². The minimum atomic E-state index is 0.581. The number of para-hydroxylation sites is 1. The topological polar surface area (TPSA) is 49.5 Å². The van der Waals surface area contributed by atoms with Crippen molar-refractivity contribution in [2.45, 2.75) is 13.8 Å². The zero-order chi connectivity index (χ0) is 8.69. The molecule has 0 aliphatic carbocycles. The molecule has 3 N–H and O–H groups in total. The van der Waals surface area contributed by atoms with E-state index in [9.17, 15) is 0 Å². The van der Waals surface area contributed by atoms with Gasteiger partial charge in [-0.25, -0.2) is 5.84 Å². The van der Waals surface area contributed by atoms with E-state index in [1.54, 1.807) is 24.3 Å². The standard InChI is InChI=1S/C6H8N2O.C2H6/c7-8(9)6-4-2-1-3-5-6;1-2/h1-5,9H,7H2;1-2H3. The van der Waals surface area contributed by atoms with E-state index in [2.05, 4.69) is 0 Å². The number of rotatable bonds is 1. The Morgan fingerprint density at radius 2 is 1.64 bits per heavy atom. The van der Waals surface area contributed by atoms with E-state index >= 15 is 0 Å². The molecule has 0 unspecified atom stereocenters. The fourth-order valence-electron chi connectivity index (χ4n) is 0.581. The highest BCUT2D eigenvalue weighted by molar-refractivity contribution is 5.41. The van der Waals surface area contributed by atoms with E-state index in [0.717, 1.165) is 0 Å². The first kappa shape index (κ1) is 9.94. The molecule has 0 heterocycles. The van der Waals surface area contributed by atoms with Gasteiger partial charge in [-0.1, -0.05) is 32.0 Å². The van der Waals surface area contributed by atoms with Crippen LogP contribution < -0.4 is 11.0 Å². The smallest absolute Gasteiger partial charge is 0.0817 e. The van der Waals surface area contributed by atoms with Crippen LogP contribution in [0.3, 0.4) is 0 Å². The van der Waals surface area contributed by atoms with Gasteiger partial charge in [-0.05, 0) is 12.1 Å². The lowest BCUT2D eigenvalue weighted by Crippen LogP contribution is -2.25. The Kier molecular flexibility index (Phi) is 5.15. The van der Waals surface area contributed by atoms with Gasteiger partial charge in [0, 0.05) is 0 Å². The van der Waals surface area contributed by atoms with Gasteiger partial charge in [0.25, 0.3) is 0 Å². The van der Waals surface area contributed by atoms with Gasteiger partial charge in [0.15, 0.2) is 0 Å². The quantitative estimate of drug-likeness (QED) is 0.479. The molecule has 11 heavy (non-hydrogen) atoms. The minimum Gasteiger partial charge on any atom is -0.273 e. The van der Waals surface area contributed by atoms with Crippen LogP contribution in [0.2, 0.25) is 0 Å². The molecule has 0 saturated carbocycles. The molecule has 0 fully saturated rings. The Balaban J connectivity index is 0.000000461. The third-order valence-electron chi connectivity index (χ3n) is 1.02. The molecular formula is C8H14N2O. The zero-order valence-electron chi connectivity index (χ0n) is 6.86. The maximum atomic E-state index is 8.63. The first-order chi connectivity index (χ1) is 5.30. The van der Waals surface area contributed by atoms with Crippen molar-refractivity contribution in [1.82, 2.24) is 0 Å². The van der Waals surface area contributed by atoms with Gasteiger partial charge in [0.2, 0.25) is 0 Å². The molecule has 1 aromatic carbocycles. The third-order valence-corrected chi connectivity index (χ3v) is 1.02. The Morgan fingerprint density at radius 3 is 1.91 bits per heavy atom. The van der Waals surface area contributed by atoms with E-state index in [0.29, 0.717) is 10.9 Å². The molecule has 3 nitrogen and oxygen atoms in total. The van der Waals surface area contributed by atoms with E-state index in [4.69, 9.17) is 11.0 Å². The first-order valence-corrected chi connectivity index (χ1v) is 3.59. The van der Waals surface area contributed by atoms with Gasteiger partial charge in [-0.15, -0.1) is 0 Å². The van der Waals surface area contributed by atoms with Gasteiger partial charge < -0.3 is 0 Å². The van der Waals surface area contributed by atoms with Crippen LogP contribution in [0.4, 0.5) is 5.69 Å². The predicted molar refractivity (Wildman–Crippen MR) is 46.2 cm³/mol. The van der Waals surface area contributed by atoms with E-state index in [-0.39, 0.29) is 0 Å². The fourth-order valence-corrected chi connectivity index (χ4v) is 0.581. The van der Waals surface area contributed by atoms with Crippen LogP contribution in [0.5, 0.6) is 0 Å². The van der Waals surface area contributed by atoms with Gasteiger partial charge in [-0.3, -0.25) is 5.21 Å². The van der Waals surface area contributed by atoms with Crippen molar-refractivity contribution in [1.29, 1.82) is 0 Å². The monoisotopic (exact) mass is 154 g/mol. The number of benzene rings is 1. The average Bonchev–Trinajstić information content (AvgIpc) is 2.10. The van der Waals surface area contributed by atoms with Crippen molar-refractivity contribution in [3.8, 4) is 0 Å². The van der Waals surface area contributed by atoms with Crippen LogP contribution >= 0.6 is 0 Å². The van der Waals surface area contributed by atoms with Gasteiger partial charge in [0.05, 0.1) is 5.69 Å². The fraction of sp³-hybridized carbons (Fsp3) is 0.250.